The highest BCUT2D eigenvalue weighted by molar-refractivity contribution is 6.29. The molecule has 0 aliphatic heterocycles. The molecule has 0 fully saturated rings. The number of hydrogen-bond donors (Lipinski definition) is 1. The molecule has 20 heavy (non-hydrogen) atoms. The molecule has 2 unspecified atom stereocenters. The third-order valence-electron chi connectivity index (χ3n) is 3.36. The maximum absolute atomic E-state index is 12.0. The van der Waals surface area contributed by atoms with Crippen molar-refractivity contribution < 1.29 is 4.79 Å². The SMILES string of the molecule is CC(C)CCC(C)CC(C)NC(=O)c1ccc(Cl)nc1. The third kappa shape index (κ3) is 6.38. The van der Waals surface area contributed by atoms with Crippen molar-refractivity contribution in [2.24, 2.45) is 11.8 Å². The second-order valence-electron chi connectivity index (χ2n) is 6.06. The third-order valence-corrected chi connectivity index (χ3v) is 3.58. The lowest BCUT2D eigenvalue weighted by Gasteiger charge is -2.19. The van der Waals surface area contributed by atoms with Crippen LogP contribution in [0.1, 0.15) is 57.3 Å². The van der Waals surface area contributed by atoms with Gasteiger partial charge in [-0.3, -0.25) is 4.79 Å². The Hall–Kier alpha value is -1.09. The van der Waals surface area contributed by atoms with E-state index in [1.165, 1.54) is 19.0 Å². The lowest BCUT2D eigenvalue weighted by molar-refractivity contribution is 0.0934. The van der Waals surface area contributed by atoms with Gasteiger partial charge in [0.2, 0.25) is 0 Å². The first kappa shape index (κ1) is 17.0. The summed E-state index contributed by atoms with van der Waals surface area (Å²) >= 11 is 5.71. The zero-order valence-corrected chi connectivity index (χ0v) is 13.6. The van der Waals surface area contributed by atoms with E-state index in [9.17, 15) is 4.79 Å². The van der Waals surface area contributed by atoms with Gasteiger partial charge in [-0.2, -0.15) is 0 Å². The number of pyridine rings is 1. The predicted molar refractivity (Wildman–Crippen MR) is 84.0 cm³/mol. The Kier molecular flexibility index (Phi) is 7.00. The Balaban J connectivity index is 2.39. The average Bonchev–Trinajstić information content (AvgIpc) is 2.36. The van der Waals surface area contributed by atoms with E-state index in [2.05, 4.69) is 31.1 Å². The second kappa shape index (κ2) is 8.25. The molecular formula is C16H25ClN2O. The first-order valence-electron chi connectivity index (χ1n) is 7.31. The van der Waals surface area contributed by atoms with E-state index in [0.717, 1.165) is 12.3 Å². The largest absolute Gasteiger partial charge is 0.350 e. The van der Waals surface area contributed by atoms with Crippen molar-refractivity contribution in [3.8, 4) is 0 Å². The highest BCUT2D eigenvalue weighted by Gasteiger charge is 2.13. The van der Waals surface area contributed by atoms with Gasteiger partial charge in [-0.1, -0.05) is 45.2 Å². The summed E-state index contributed by atoms with van der Waals surface area (Å²) in [6.45, 7) is 8.78. The molecule has 112 valence electrons. The molecule has 0 saturated heterocycles. The smallest absolute Gasteiger partial charge is 0.253 e. The number of halogens is 1. The van der Waals surface area contributed by atoms with Crippen LogP contribution in [-0.4, -0.2) is 16.9 Å². The molecule has 0 spiro atoms. The Morgan fingerprint density at radius 3 is 2.50 bits per heavy atom. The number of aromatic nitrogens is 1. The molecule has 0 radical (unpaired) electrons. The number of carbonyl (C=O) groups excluding carboxylic acids is 1. The van der Waals surface area contributed by atoms with Crippen molar-refractivity contribution in [3.05, 3.63) is 29.0 Å². The van der Waals surface area contributed by atoms with Crippen LogP contribution in [0.2, 0.25) is 5.15 Å². The van der Waals surface area contributed by atoms with Gasteiger partial charge in [-0.05, 0) is 37.3 Å². The van der Waals surface area contributed by atoms with Crippen molar-refractivity contribution >= 4 is 17.5 Å². The zero-order chi connectivity index (χ0) is 15.1. The van der Waals surface area contributed by atoms with Crippen molar-refractivity contribution in [1.29, 1.82) is 0 Å². The zero-order valence-electron chi connectivity index (χ0n) is 12.8. The van der Waals surface area contributed by atoms with E-state index < -0.39 is 0 Å². The van der Waals surface area contributed by atoms with Crippen molar-refractivity contribution in [2.45, 2.75) is 53.0 Å². The highest BCUT2D eigenvalue weighted by atomic mass is 35.5. The minimum atomic E-state index is -0.0854. The van der Waals surface area contributed by atoms with Gasteiger partial charge in [0, 0.05) is 12.2 Å². The fourth-order valence-corrected chi connectivity index (χ4v) is 2.33. The molecule has 4 heteroatoms. The van der Waals surface area contributed by atoms with Gasteiger partial charge < -0.3 is 5.32 Å². The molecule has 3 nitrogen and oxygen atoms in total. The number of hydrogen-bond acceptors (Lipinski definition) is 2. The topological polar surface area (TPSA) is 42.0 Å². The van der Waals surface area contributed by atoms with Crippen LogP contribution in [0, 0.1) is 11.8 Å². The van der Waals surface area contributed by atoms with E-state index in [4.69, 9.17) is 11.6 Å². The van der Waals surface area contributed by atoms with Crippen LogP contribution in [0.4, 0.5) is 0 Å². The second-order valence-corrected chi connectivity index (χ2v) is 6.44. The highest BCUT2D eigenvalue weighted by Crippen LogP contribution is 2.16. The molecule has 1 heterocycles. The van der Waals surface area contributed by atoms with Gasteiger partial charge in [-0.15, -0.1) is 0 Å². The fraction of sp³-hybridized carbons (Fsp3) is 0.625. The van der Waals surface area contributed by atoms with Crippen LogP contribution in [0.5, 0.6) is 0 Å². The fourth-order valence-electron chi connectivity index (χ4n) is 2.22. The normalized spacial score (nSPS) is 14.1. The minimum absolute atomic E-state index is 0.0854. The Morgan fingerprint density at radius 1 is 1.25 bits per heavy atom. The summed E-state index contributed by atoms with van der Waals surface area (Å²) in [5.74, 6) is 1.27. The van der Waals surface area contributed by atoms with Gasteiger partial charge in [0.15, 0.2) is 0 Å². The molecule has 1 amide bonds. The molecule has 2 atom stereocenters. The van der Waals surface area contributed by atoms with E-state index in [0.29, 0.717) is 16.6 Å². The van der Waals surface area contributed by atoms with Crippen molar-refractivity contribution in [3.63, 3.8) is 0 Å². The number of rotatable bonds is 7. The van der Waals surface area contributed by atoms with Crippen LogP contribution >= 0.6 is 11.6 Å². The van der Waals surface area contributed by atoms with Crippen LogP contribution in [0.15, 0.2) is 18.3 Å². The summed E-state index contributed by atoms with van der Waals surface area (Å²) < 4.78 is 0. The Bertz CT molecular complexity index is 417. The van der Waals surface area contributed by atoms with Crippen molar-refractivity contribution in [1.82, 2.24) is 10.3 Å². The lowest BCUT2D eigenvalue weighted by atomic mass is 9.94. The molecule has 0 aromatic carbocycles. The first-order chi connectivity index (χ1) is 9.38. The molecule has 0 saturated carbocycles. The molecule has 1 N–H and O–H groups in total. The molecule has 1 rings (SSSR count). The van der Waals surface area contributed by atoms with Gasteiger partial charge in [0.05, 0.1) is 5.56 Å². The van der Waals surface area contributed by atoms with E-state index in [-0.39, 0.29) is 11.9 Å². The average molecular weight is 297 g/mol. The summed E-state index contributed by atoms with van der Waals surface area (Å²) in [6.07, 6.45) is 4.95. The first-order valence-corrected chi connectivity index (χ1v) is 7.68. The number of amides is 1. The molecule has 0 aliphatic carbocycles. The summed E-state index contributed by atoms with van der Waals surface area (Å²) in [7, 11) is 0. The quantitative estimate of drug-likeness (QED) is 0.762. The Morgan fingerprint density at radius 2 is 1.95 bits per heavy atom. The number of nitrogens with zero attached hydrogens (tertiary/aromatic N) is 1. The minimum Gasteiger partial charge on any atom is -0.350 e. The van der Waals surface area contributed by atoms with Gasteiger partial charge >= 0.3 is 0 Å². The maximum atomic E-state index is 12.0. The maximum Gasteiger partial charge on any atom is 0.253 e. The summed E-state index contributed by atoms with van der Waals surface area (Å²) in [5, 5.41) is 3.41. The summed E-state index contributed by atoms with van der Waals surface area (Å²) in [5.41, 5.74) is 0.552. The van der Waals surface area contributed by atoms with Gasteiger partial charge in [-0.25, -0.2) is 4.98 Å². The molecule has 0 aliphatic rings. The van der Waals surface area contributed by atoms with Crippen LogP contribution in [0.25, 0.3) is 0 Å². The van der Waals surface area contributed by atoms with Crippen LogP contribution in [-0.2, 0) is 0 Å². The number of nitrogens with one attached hydrogen (secondary N) is 1. The summed E-state index contributed by atoms with van der Waals surface area (Å²) in [6, 6.07) is 3.49. The van der Waals surface area contributed by atoms with Gasteiger partial charge in [0.1, 0.15) is 5.15 Å². The molecular weight excluding hydrogens is 272 g/mol. The Labute approximate surface area is 127 Å². The lowest BCUT2D eigenvalue weighted by Crippen LogP contribution is -2.33. The predicted octanol–water partition coefficient (Wildman–Crippen LogP) is 4.32. The van der Waals surface area contributed by atoms with Gasteiger partial charge in [0.25, 0.3) is 5.91 Å². The molecule has 1 aromatic heterocycles. The number of carbonyl (C=O) groups is 1. The molecule has 1 aromatic rings. The van der Waals surface area contributed by atoms with Crippen LogP contribution < -0.4 is 5.32 Å². The summed E-state index contributed by atoms with van der Waals surface area (Å²) in [4.78, 5) is 15.9. The van der Waals surface area contributed by atoms with E-state index in [1.807, 2.05) is 6.92 Å². The van der Waals surface area contributed by atoms with E-state index in [1.54, 1.807) is 12.1 Å². The standard InChI is InChI=1S/C16H25ClN2O/c1-11(2)5-6-12(3)9-13(4)19-16(20)14-7-8-15(17)18-10-14/h7-8,10-13H,5-6,9H2,1-4H3,(H,19,20). The van der Waals surface area contributed by atoms with E-state index >= 15 is 0 Å². The van der Waals surface area contributed by atoms with Crippen LogP contribution in [0.3, 0.4) is 0 Å². The monoisotopic (exact) mass is 296 g/mol. The van der Waals surface area contributed by atoms with Crippen molar-refractivity contribution in [2.75, 3.05) is 0 Å². The molecule has 0 bridgehead atoms.